The molecule has 0 aromatic heterocycles. The van der Waals surface area contributed by atoms with Crippen molar-refractivity contribution in [3.05, 3.63) is 47.5 Å². The van der Waals surface area contributed by atoms with Crippen LogP contribution in [0.3, 0.4) is 0 Å². The van der Waals surface area contributed by atoms with E-state index in [4.69, 9.17) is 11.5 Å². The van der Waals surface area contributed by atoms with Crippen molar-refractivity contribution in [2.45, 2.75) is 44.9 Å². The van der Waals surface area contributed by atoms with Gasteiger partial charge in [-0.25, -0.2) is 0 Å². The van der Waals surface area contributed by atoms with Gasteiger partial charge in [0, 0.05) is 35.4 Å². The van der Waals surface area contributed by atoms with Crippen molar-refractivity contribution in [2.24, 2.45) is 17.4 Å². The smallest absolute Gasteiger partial charge is 0.261 e. The minimum Gasteiger partial charge on any atom is -0.370 e. The number of carbonyl (C=O) groups is 4. The molecule has 7 nitrogen and oxygen atoms in total. The van der Waals surface area contributed by atoms with Gasteiger partial charge in [-0.3, -0.25) is 24.1 Å². The van der Waals surface area contributed by atoms with E-state index in [1.807, 2.05) is 24.3 Å². The topological polar surface area (TPSA) is 124 Å². The lowest BCUT2D eigenvalue weighted by Crippen LogP contribution is -2.41. The Kier molecular flexibility index (Phi) is 6.82. The Labute approximate surface area is 175 Å². The molecule has 0 saturated heterocycles. The first-order valence-electron chi connectivity index (χ1n) is 10.4. The molecule has 158 valence electrons. The molecule has 4 N–H and O–H groups in total. The Morgan fingerprint density at radius 1 is 0.833 bits per heavy atom. The minimum absolute atomic E-state index is 0.244. The van der Waals surface area contributed by atoms with Gasteiger partial charge in [-0.15, -0.1) is 0 Å². The Balaban J connectivity index is 1.58. The van der Waals surface area contributed by atoms with E-state index in [-0.39, 0.29) is 36.1 Å². The van der Waals surface area contributed by atoms with Crippen molar-refractivity contribution in [1.29, 1.82) is 0 Å². The molecule has 2 aromatic carbocycles. The van der Waals surface area contributed by atoms with Crippen LogP contribution < -0.4 is 11.5 Å². The van der Waals surface area contributed by atoms with Crippen LogP contribution in [0.1, 0.15) is 65.7 Å². The van der Waals surface area contributed by atoms with Crippen molar-refractivity contribution >= 4 is 34.4 Å². The molecule has 0 radical (unpaired) electrons. The van der Waals surface area contributed by atoms with Gasteiger partial charge < -0.3 is 11.5 Å². The minimum atomic E-state index is -0.378. The second kappa shape index (κ2) is 9.52. The lowest BCUT2D eigenvalue weighted by molar-refractivity contribution is -0.122. The third kappa shape index (κ3) is 4.67. The van der Waals surface area contributed by atoms with Gasteiger partial charge >= 0.3 is 0 Å². The second-order valence-corrected chi connectivity index (χ2v) is 7.78. The van der Waals surface area contributed by atoms with Crippen LogP contribution in [0.2, 0.25) is 0 Å². The molecule has 3 rings (SSSR count). The Hall–Kier alpha value is -3.22. The molecular formula is C23H27N3O4. The maximum absolute atomic E-state index is 12.9. The number of hydrogen-bond acceptors (Lipinski definition) is 4. The summed E-state index contributed by atoms with van der Waals surface area (Å²) in [7, 11) is 0. The highest BCUT2D eigenvalue weighted by atomic mass is 16.2. The number of amides is 4. The summed E-state index contributed by atoms with van der Waals surface area (Å²) in [5, 5.41) is 1.58. The van der Waals surface area contributed by atoms with Crippen LogP contribution in [-0.4, -0.2) is 35.1 Å². The van der Waals surface area contributed by atoms with Gasteiger partial charge in [0.2, 0.25) is 11.8 Å². The van der Waals surface area contributed by atoms with Gasteiger partial charge in [-0.2, -0.15) is 0 Å². The molecule has 2 aromatic rings. The zero-order valence-corrected chi connectivity index (χ0v) is 16.9. The molecule has 1 aliphatic heterocycles. The number of carbonyl (C=O) groups excluding carboxylic acids is 4. The first kappa shape index (κ1) is 21.5. The van der Waals surface area contributed by atoms with Crippen LogP contribution in [-0.2, 0) is 9.59 Å². The number of nitrogens with two attached hydrogens (primary N) is 2. The molecule has 30 heavy (non-hydrogen) atoms. The van der Waals surface area contributed by atoms with Crippen LogP contribution in [0.4, 0.5) is 0 Å². The van der Waals surface area contributed by atoms with Crippen molar-refractivity contribution in [1.82, 2.24) is 4.90 Å². The number of primary amides is 2. The first-order chi connectivity index (χ1) is 14.4. The fraction of sp³-hybridized carbons (Fsp3) is 0.391. The fourth-order valence-electron chi connectivity index (χ4n) is 4.07. The fourth-order valence-corrected chi connectivity index (χ4v) is 4.07. The zero-order chi connectivity index (χ0) is 21.7. The number of hydrogen-bond donors (Lipinski definition) is 2. The van der Waals surface area contributed by atoms with Gasteiger partial charge in [-0.1, -0.05) is 37.1 Å². The molecule has 1 atom stereocenters. The van der Waals surface area contributed by atoms with E-state index in [0.717, 1.165) is 18.2 Å². The van der Waals surface area contributed by atoms with Crippen molar-refractivity contribution in [2.75, 3.05) is 6.54 Å². The maximum atomic E-state index is 12.9. The van der Waals surface area contributed by atoms with Gasteiger partial charge in [0.05, 0.1) is 0 Å². The molecule has 0 aliphatic carbocycles. The highest BCUT2D eigenvalue weighted by Crippen LogP contribution is 2.30. The molecule has 0 spiro atoms. The van der Waals surface area contributed by atoms with E-state index >= 15 is 0 Å². The molecule has 0 saturated carbocycles. The molecule has 0 fully saturated rings. The third-order valence-electron chi connectivity index (χ3n) is 5.67. The van der Waals surface area contributed by atoms with Crippen LogP contribution in [0, 0.1) is 5.92 Å². The average Bonchev–Trinajstić information content (AvgIpc) is 2.72. The monoisotopic (exact) mass is 409 g/mol. The van der Waals surface area contributed by atoms with E-state index in [0.29, 0.717) is 48.6 Å². The quantitative estimate of drug-likeness (QED) is 0.437. The lowest BCUT2D eigenvalue weighted by Gasteiger charge is -2.27. The predicted molar refractivity (Wildman–Crippen MR) is 114 cm³/mol. The summed E-state index contributed by atoms with van der Waals surface area (Å²) in [4.78, 5) is 49.6. The molecule has 1 aliphatic rings. The number of unbranched alkanes of at least 4 members (excludes halogenated alkanes) is 2. The molecule has 1 unspecified atom stereocenters. The van der Waals surface area contributed by atoms with Crippen molar-refractivity contribution in [3.8, 4) is 0 Å². The number of nitrogens with zero attached hydrogens (tertiary/aromatic N) is 1. The number of benzene rings is 2. The molecule has 0 bridgehead atoms. The standard InChI is InChI=1S/C23H27N3O4/c24-19(27)13-3-1-2-7-16(21(25)28)10-6-14-26-22(29)17-11-4-8-15-9-5-12-18(20(15)17)23(26)30/h4-5,8-9,11-12,16H,1-3,6-7,10,13-14H2,(H2,24,27)(H2,25,28). The van der Waals surface area contributed by atoms with Crippen LogP contribution in [0.5, 0.6) is 0 Å². The van der Waals surface area contributed by atoms with E-state index in [1.54, 1.807) is 12.1 Å². The summed E-state index contributed by atoms with van der Waals surface area (Å²) in [5.41, 5.74) is 11.7. The summed E-state index contributed by atoms with van der Waals surface area (Å²) in [6.07, 6.45) is 4.25. The number of imide groups is 1. The van der Waals surface area contributed by atoms with Crippen LogP contribution in [0.15, 0.2) is 36.4 Å². The van der Waals surface area contributed by atoms with Crippen LogP contribution in [0.25, 0.3) is 10.8 Å². The maximum Gasteiger partial charge on any atom is 0.261 e. The summed E-state index contributed by atoms with van der Waals surface area (Å²) in [6, 6.07) is 10.9. The summed E-state index contributed by atoms with van der Waals surface area (Å²) < 4.78 is 0. The second-order valence-electron chi connectivity index (χ2n) is 7.78. The third-order valence-corrected chi connectivity index (χ3v) is 5.67. The SMILES string of the molecule is NC(=O)CCCCCC(CCCN1C(=O)c2cccc3cccc(c23)C1=O)C(N)=O. The van der Waals surface area contributed by atoms with Crippen molar-refractivity contribution in [3.63, 3.8) is 0 Å². The van der Waals surface area contributed by atoms with Gasteiger partial charge in [0.15, 0.2) is 0 Å². The summed E-state index contributed by atoms with van der Waals surface area (Å²) in [6.45, 7) is 0.244. The largest absolute Gasteiger partial charge is 0.370 e. The van der Waals surface area contributed by atoms with Crippen molar-refractivity contribution < 1.29 is 19.2 Å². The first-order valence-corrected chi connectivity index (χ1v) is 10.4. The molecule has 4 amide bonds. The van der Waals surface area contributed by atoms with Crippen LogP contribution >= 0.6 is 0 Å². The Morgan fingerprint density at radius 3 is 2.00 bits per heavy atom. The molecular weight excluding hydrogens is 382 g/mol. The lowest BCUT2D eigenvalue weighted by atomic mass is 9.93. The highest BCUT2D eigenvalue weighted by Gasteiger charge is 2.32. The van der Waals surface area contributed by atoms with Gasteiger partial charge in [0.25, 0.3) is 11.8 Å². The van der Waals surface area contributed by atoms with Gasteiger partial charge in [-0.05, 0) is 43.2 Å². The van der Waals surface area contributed by atoms with E-state index in [9.17, 15) is 19.2 Å². The summed E-state index contributed by atoms with van der Waals surface area (Å²) in [5.74, 6) is -1.62. The normalized spacial score (nSPS) is 14.2. The molecule has 7 heteroatoms. The van der Waals surface area contributed by atoms with E-state index in [2.05, 4.69) is 0 Å². The Bertz CT molecular complexity index is 935. The van der Waals surface area contributed by atoms with E-state index < -0.39 is 0 Å². The average molecular weight is 409 g/mol. The number of rotatable bonds is 11. The van der Waals surface area contributed by atoms with E-state index in [1.165, 1.54) is 4.90 Å². The van der Waals surface area contributed by atoms with Gasteiger partial charge in [0.1, 0.15) is 0 Å². The Morgan fingerprint density at radius 2 is 1.43 bits per heavy atom. The summed E-state index contributed by atoms with van der Waals surface area (Å²) >= 11 is 0. The predicted octanol–water partition coefficient (Wildman–Crippen LogP) is 2.75. The zero-order valence-electron chi connectivity index (χ0n) is 16.9. The highest BCUT2D eigenvalue weighted by molar-refractivity contribution is 6.25. The molecule has 1 heterocycles.